The Morgan fingerprint density at radius 2 is 2.35 bits per heavy atom. The first kappa shape index (κ1) is 17.0. The van der Waals surface area contributed by atoms with E-state index in [1.165, 1.54) is 0 Å². The number of aromatic nitrogens is 2. The molecular formula is C14H25ClN4O. The van der Waals surface area contributed by atoms with Gasteiger partial charge in [0.05, 0.1) is 12.4 Å². The minimum atomic E-state index is -0.0912. The Hall–Kier alpha value is -1.07. The number of nitrogens with one attached hydrogen (secondary N) is 2. The first-order chi connectivity index (χ1) is 8.99. The van der Waals surface area contributed by atoms with E-state index in [9.17, 15) is 4.79 Å². The van der Waals surface area contributed by atoms with Gasteiger partial charge >= 0.3 is 0 Å². The van der Waals surface area contributed by atoms with Crippen LogP contribution in [-0.4, -0.2) is 34.1 Å². The van der Waals surface area contributed by atoms with Crippen molar-refractivity contribution in [2.75, 3.05) is 6.54 Å². The smallest absolute Gasteiger partial charge is 0.237 e. The third-order valence-electron chi connectivity index (χ3n) is 3.82. The van der Waals surface area contributed by atoms with Gasteiger partial charge in [-0.3, -0.25) is 4.79 Å². The van der Waals surface area contributed by atoms with Crippen molar-refractivity contribution in [2.45, 2.75) is 52.2 Å². The molecule has 1 aromatic heterocycles. The molecule has 0 radical (unpaired) electrons. The maximum absolute atomic E-state index is 12.4. The molecule has 1 aliphatic rings. The lowest BCUT2D eigenvalue weighted by molar-refractivity contribution is -0.127. The summed E-state index contributed by atoms with van der Waals surface area (Å²) in [4.78, 5) is 16.4. The van der Waals surface area contributed by atoms with Gasteiger partial charge in [0.1, 0.15) is 0 Å². The molecule has 1 saturated heterocycles. The molecule has 1 aromatic rings. The molecule has 114 valence electrons. The van der Waals surface area contributed by atoms with Crippen LogP contribution in [0.2, 0.25) is 0 Å². The van der Waals surface area contributed by atoms with Crippen LogP contribution in [0, 0.1) is 5.41 Å². The van der Waals surface area contributed by atoms with Crippen molar-refractivity contribution < 1.29 is 4.79 Å². The summed E-state index contributed by atoms with van der Waals surface area (Å²) in [5, 5.41) is 6.44. The first-order valence-electron chi connectivity index (χ1n) is 6.98. The Morgan fingerprint density at radius 3 is 2.95 bits per heavy atom. The van der Waals surface area contributed by atoms with Gasteiger partial charge in [-0.2, -0.15) is 0 Å². The number of amides is 1. The molecule has 20 heavy (non-hydrogen) atoms. The van der Waals surface area contributed by atoms with Gasteiger partial charge in [-0.15, -0.1) is 12.4 Å². The third-order valence-corrected chi connectivity index (χ3v) is 3.82. The van der Waals surface area contributed by atoms with Crippen LogP contribution in [0.4, 0.5) is 0 Å². The molecule has 0 saturated carbocycles. The van der Waals surface area contributed by atoms with Gasteiger partial charge in [-0.25, -0.2) is 4.98 Å². The second kappa shape index (κ2) is 7.09. The molecule has 0 bridgehead atoms. The fraction of sp³-hybridized carbons (Fsp3) is 0.714. The number of hydrogen-bond donors (Lipinski definition) is 2. The number of rotatable bonds is 4. The van der Waals surface area contributed by atoms with Gasteiger partial charge in [0.15, 0.2) is 0 Å². The number of nitrogens with zero attached hydrogens (tertiary/aromatic N) is 2. The highest BCUT2D eigenvalue weighted by Gasteiger charge is 2.37. The standard InChI is InChI=1S/C14H24N4O.ClH/c1-11(9-18-8-7-15-10-18)17-13(19)12-14(2,3)5-4-6-16-12;/h7-8,10-12,16H,4-6,9H2,1-3H3,(H,17,19);1H. The summed E-state index contributed by atoms with van der Waals surface area (Å²) in [5.74, 6) is 0.109. The summed E-state index contributed by atoms with van der Waals surface area (Å²) in [7, 11) is 0. The van der Waals surface area contributed by atoms with E-state index in [-0.39, 0.29) is 35.8 Å². The van der Waals surface area contributed by atoms with Gasteiger partial charge in [0.25, 0.3) is 0 Å². The van der Waals surface area contributed by atoms with E-state index >= 15 is 0 Å². The van der Waals surface area contributed by atoms with Crippen LogP contribution in [0.15, 0.2) is 18.7 Å². The first-order valence-corrected chi connectivity index (χ1v) is 6.98. The Morgan fingerprint density at radius 1 is 1.60 bits per heavy atom. The van der Waals surface area contributed by atoms with Crippen molar-refractivity contribution in [2.24, 2.45) is 5.41 Å². The highest BCUT2D eigenvalue weighted by atomic mass is 35.5. The molecule has 2 rings (SSSR count). The van der Waals surface area contributed by atoms with E-state index in [2.05, 4.69) is 29.5 Å². The highest BCUT2D eigenvalue weighted by molar-refractivity contribution is 5.85. The van der Waals surface area contributed by atoms with Crippen LogP contribution < -0.4 is 10.6 Å². The molecule has 1 aliphatic heterocycles. The zero-order valence-electron chi connectivity index (χ0n) is 12.4. The molecule has 6 heteroatoms. The molecule has 2 N–H and O–H groups in total. The summed E-state index contributed by atoms with van der Waals surface area (Å²) in [6, 6.07) is 0.00714. The summed E-state index contributed by atoms with van der Waals surface area (Å²) in [5.41, 5.74) is 0.0249. The van der Waals surface area contributed by atoms with Crippen molar-refractivity contribution >= 4 is 18.3 Å². The van der Waals surface area contributed by atoms with Gasteiger partial charge in [0, 0.05) is 25.0 Å². The zero-order chi connectivity index (χ0) is 13.9. The Bertz CT molecular complexity index is 419. The number of carbonyl (C=O) groups is 1. The van der Waals surface area contributed by atoms with E-state index in [1.807, 2.05) is 17.7 Å². The molecule has 0 spiro atoms. The Labute approximate surface area is 126 Å². The average Bonchev–Trinajstić information content (AvgIpc) is 2.80. The number of halogens is 1. The van der Waals surface area contributed by atoms with Crippen LogP contribution in [-0.2, 0) is 11.3 Å². The molecule has 2 heterocycles. The van der Waals surface area contributed by atoms with E-state index in [0.717, 1.165) is 25.9 Å². The Balaban J connectivity index is 0.00000200. The van der Waals surface area contributed by atoms with Crippen LogP contribution in [0.3, 0.4) is 0 Å². The highest BCUT2D eigenvalue weighted by Crippen LogP contribution is 2.30. The lowest BCUT2D eigenvalue weighted by atomic mass is 9.77. The Kier molecular flexibility index (Phi) is 6.02. The minimum absolute atomic E-state index is 0. The quantitative estimate of drug-likeness (QED) is 0.888. The third kappa shape index (κ3) is 4.21. The van der Waals surface area contributed by atoms with Gasteiger partial charge < -0.3 is 15.2 Å². The molecule has 0 aromatic carbocycles. The maximum atomic E-state index is 12.4. The monoisotopic (exact) mass is 300 g/mol. The van der Waals surface area contributed by atoms with E-state index < -0.39 is 0 Å². The summed E-state index contributed by atoms with van der Waals surface area (Å²) >= 11 is 0. The summed E-state index contributed by atoms with van der Waals surface area (Å²) < 4.78 is 1.98. The van der Waals surface area contributed by atoms with Crippen molar-refractivity contribution in [1.82, 2.24) is 20.2 Å². The average molecular weight is 301 g/mol. The normalized spacial score (nSPS) is 22.6. The van der Waals surface area contributed by atoms with Crippen molar-refractivity contribution in [1.29, 1.82) is 0 Å². The largest absolute Gasteiger partial charge is 0.350 e. The number of carbonyl (C=O) groups excluding carboxylic acids is 1. The summed E-state index contributed by atoms with van der Waals surface area (Å²) in [6.07, 6.45) is 7.66. The van der Waals surface area contributed by atoms with Crippen LogP contribution in [0.25, 0.3) is 0 Å². The van der Waals surface area contributed by atoms with E-state index in [4.69, 9.17) is 0 Å². The molecule has 5 nitrogen and oxygen atoms in total. The van der Waals surface area contributed by atoms with E-state index in [1.54, 1.807) is 12.5 Å². The molecule has 2 atom stereocenters. The van der Waals surface area contributed by atoms with Gasteiger partial charge in [0.2, 0.25) is 5.91 Å². The summed E-state index contributed by atoms with van der Waals surface area (Å²) in [6.45, 7) is 8.01. The van der Waals surface area contributed by atoms with Gasteiger partial charge in [-0.05, 0) is 31.7 Å². The molecule has 0 aliphatic carbocycles. The molecular weight excluding hydrogens is 276 g/mol. The van der Waals surface area contributed by atoms with Crippen LogP contribution >= 0.6 is 12.4 Å². The lowest BCUT2D eigenvalue weighted by Crippen LogP contribution is -2.57. The fourth-order valence-corrected chi connectivity index (χ4v) is 2.74. The topological polar surface area (TPSA) is 59.0 Å². The lowest BCUT2D eigenvalue weighted by Gasteiger charge is -2.38. The zero-order valence-corrected chi connectivity index (χ0v) is 13.2. The number of piperidine rings is 1. The molecule has 1 amide bonds. The second-order valence-corrected chi connectivity index (χ2v) is 6.15. The van der Waals surface area contributed by atoms with E-state index in [0.29, 0.717) is 0 Å². The molecule has 1 fully saturated rings. The second-order valence-electron chi connectivity index (χ2n) is 6.15. The predicted molar refractivity (Wildman–Crippen MR) is 81.9 cm³/mol. The van der Waals surface area contributed by atoms with Crippen molar-refractivity contribution in [3.8, 4) is 0 Å². The molecule has 2 unspecified atom stereocenters. The van der Waals surface area contributed by atoms with Crippen LogP contribution in [0.1, 0.15) is 33.6 Å². The number of hydrogen-bond acceptors (Lipinski definition) is 3. The van der Waals surface area contributed by atoms with Crippen molar-refractivity contribution in [3.63, 3.8) is 0 Å². The maximum Gasteiger partial charge on any atom is 0.237 e. The fourth-order valence-electron chi connectivity index (χ4n) is 2.74. The van der Waals surface area contributed by atoms with Crippen LogP contribution in [0.5, 0.6) is 0 Å². The SMILES string of the molecule is CC(Cn1ccnc1)NC(=O)C1NCCCC1(C)C.Cl. The van der Waals surface area contributed by atoms with Gasteiger partial charge in [-0.1, -0.05) is 13.8 Å². The minimum Gasteiger partial charge on any atom is -0.350 e. The van der Waals surface area contributed by atoms with Crippen molar-refractivity contribution in [3.05, 3.63) is 18.7 Å². The number of imidazole rings is 1. The predicted octanol–water partition coefficient (Wildman–Crippen LogP) is 1.59.